The van der Waals surface area contributed by atoms with Crippen molar-refractivity contribution in [3.63, 3.8) is 0 Å². The Bertz CT molecular complexity index is 645. The van der Waals surface area contributed by atoms with E-state index in [1.54, 1.807) is 7.05 Å². The number of rotatable bonds is 5. The largest absolute Gasteiger partial charge is 0.494 e. The lowest BCUT2D eigenvalue weighted by atomic mass is 10.3. The molecule has 0 amide bonds. The Kier molecular flexibility index (Phi) is 5.48. The summed E-state index contributed by atoms with van der Waals surface area (Å²) in [6.07, 6.45) is 0. The monoisotopic (exact) mass is 317 g/mol. The van der Waals surface area contributed by atoms with E-state index in [4.69, 9.17) is 17.0 Å². The number of nitrogens with zero attached hydrogens (tertiary/aromatic N) is 2. The highest BCUT2D eigenvalue weighted by atomic mass is 32.1. The van der Waals surface area contributed by atoms with Crippen LogP contribution in [0.2, 0.25) is 0 Å². The second-order valence-electron chi connectivity index (χ2n) is 4.50. The molecule has 116 valence electrons. The number of benzene rings is 1. The lowest BCUT2D eigenvalue weighted by Crippen LogP contribution is -2.25. The fraction of sp³-hybridized carbons (Fsp3) is 0.267. The second kappa shape index (κ2) is 7.56. The molecule has 0 unspecified atom stereocenters. The zero-order valence-electron chi connectivity index (χ0n) is 12.8. The van der Waals surface area contributed by atoms with Crippen LogP contribution in [-0.2, 0) is 0 Å². The summed E-state index contributed by atoms with van der Waals surface area (Å²) < 4.78 is 5.42. The minimum Gasteiger partial charge on any atom is -0.494 e. The maximum atomic E-state index is 5.42. The number of nitrogens with one attached hydrogen (secondary N) is 3. The molecule has 0 bridgehead atoms. The van der Waals surface area contributed by atoms with Crippen LogP contribution >= 0.6 is 12.2 Å². The van der Waals surface area contributed by atoms with Gasteiger partial charge in [0.1, 0.15) is 11.6 Å². The van der Waals surface area contributed by atoms with Crippen molar-refractivity contribution in [1.82, 2.24) is 15.3 Å². The number of hydrogen-bond donors (Lipinski definition) is 3. The molecule has 0 spiro atoms. The zero-order valence-corrected chi connectivity index (χ0v) is 13.6. The lowest BCUT2D eigenvalue weighted by Gasteiger charge is -2.10. The molecule has 0 atom stereocenters. The van der Waals surface area contributed by atoms with Crippen LogP contribution in [0.3, 0.4) is 0 Å². The van der Waals surface area contributed by atoms with E-state index in [9.17, 15) is 0 Å². The summed E-state index contributed by atoms with van der Waals surface area (Å²) in [5.41, 5.74) is 1.76. The predicted molar refractivity (Wildman–Crippen MR) is 92.9 cm³/mol. The first-order valence-electron chi connectivity index (χ1n) is 6.95. The first kappa shape index (κ1) is 16.0. The third kappa shape index (κ3) is 4.56. The Balaban J connectivity index is 2.13. The second-order valence-corrected chi connectivity index (χ2v) is 4.91. The Hall–Kier alpha value is -2.41. The average molecular weight is 317 g/mol. The fourth-order valence-electron chi connectivity index (χ4n) is 1.80. The van der Waals surface area contributed by atoms with Gasteiger partial charge in [0, 0.05) is 24.5 Å². The molecular weight excluding hydrogens is 298 g/mol. The van der Waals surface area contributed by atoms with Gasteiger partial charge in [0.2, 0.25) is 5.95 Å². The summed E-state index contributed by atoms with van der Waals surface area (Å²) in [4.78, 5) is 8.68. The summed E-state index contributed by atoms with van der Waals surface area (Å²) in [6, 6.07) is 9.57. The van der Waals surface area contributed by atoms with Crippen LogP contribution in [0.15, 0.2) is 30.3 Å². The van der Waals surface area contributed by atoms with Crippen LogP contribution in [0.4, 0.5) is 17.5 Å². The maximum absolute atomic E-state index is 5.42. The van der Waals surface area contributed by atoms with Crippen molar-refractivity contribution in [2.75, 3.05) is 24.3 Å². The van der Waals surface area contributed by atoms with Gasteiger partial charge in [-0.25, -0.2) is 4.98 Å². The number of aromatic nitrogens is 2. The summed E-state index contributed by atoms with van der Waals surface area (Å²) in [6.45, 7) is 4.51. The van der Waals surface area contributed by atoms with Gasteiger partial charge in [0.05, 0.1) is 6.61 Å². The molecular formula is C15H19N5OS. The molecule has 1 heterocycles. The zero-order chi connectivity index (χ0) is 15.9. The van der Waals surface area contributed by atoms with Crippen molar-refractivity contribution in [2.45, 2.75) is 13.8 Å². The summed E-state index contributed by atoms with van der Waals surface area (Å²) in [5, 5.41) is 9.45. The van der Waals surface area contributed by atoms with E-state index in [-0.39, 0.29) is 0 Å². The van der Waals surface area contributed by atoms with E-state index in [1.165, 1.54) is 0 Å². The molecule has 0 radical (unpaired) electrons. The average Bonchev–Trinajstić information content (AvgIpc) is 2.49. The molecule has 6 nitrogen and oxygen atoms in total. The molecule has 7 heteroatoms. The highest BCUT2D eigenvalue weighted by Crippen LogP contribution is 2.20. The molecule has 0 saturated carbocycles. The molecule has 0 aliphatic carbocycles. The number of thiocarbonyl (C=S) groups is 1. The highest BCUT2D eigenvalue weighted by Gasteiger charge is 2.04. The molecule has 2 rings (SSSR count). The van der Waals surface area contributed by atoms with E-state index in [2.05, 4.69) is 25.9 Å². The minimum atomic E-state index is 0.452. The third-order valence-electron chi connectivity index (χ3n) is 2.74. The molecule has 2 aromatic rings. The molecule has 1 aromatic heterocycles. The topological polar surface area (TPSA) is 71.1 Å². The summed E-state index contributed by atoms with van der Waals surface area (Å²) >= 11 is 5.06. The van der Waals surface area contributed by atoms with Gasteiger partial charge in [-0.05, 0) is 50.3 Å². The number of ether oxygens (including phenoxy) is 1. The Morgan fingerprint density at radius 3 is 2.59 bits per heavy atom. The van der Waals surface area contributed by atoms with Crippen molar-refractivity contribution in [3.05, 3.63) is 36.0 Å². The predicted octanol–water partition coefficient (Wildman–Crippen LogP) is 2.84. The summed E-state index contributed by atoms with van der Waals surface area (Å²) in [5.74, 6) is 1.99. The minimum absolute atomic E-state index is 0.452. The number of aryl methyl sites for hydroxylation is 1. The van der Waals surface area contributed by atoms with E-state index in [0.717, 1.165) is 17.1 Å². The SMILES string of the molecule is CCOc1ccc(Nc2cc(C)nc(NC(=S)NC)n2)cc1. The molecule has 0 aliphatic rings. The smallest absolute Gasteiger partial charge is 0.231 e. The van der Waals surface area contributed by atoms with Crippen molar-refractivity contribution in [2.24, 2.45) is 0 Å². The van der Waals surface area contributed by atoms with Gasteiger partial charge in [0.15, 0.2) is 5.11 Å². The van der Waals surface area contributed by atoms with Crippen molar-refractivity contribution in [3.8, 4) is 5.75 Å². The third-order valence-corrected chi connectivity index (χ3v) is 3.05. The van der Waals surface area contributed by atoms with Crippen molar-refractivity contribution < 1.29 is 4.74 Å². The van der Waals surface area contributed by atoms with Crippen LogP contribution in [0.25, 0.3) is 0 Å². The van der Waals surface area contributed by atoms with Crippen LogP contribution < -0.4 is 20.7 Å². The maximum Gasteiger partial charge on any atom is 0.231 e. The van der Waals surface area contributed by atoms with E-state index in [1.807, 2.05) is 44.2 Å². The van der Waals surface area contributed by atoms with E-state index < -0.39 is 0 Å². The van der Waals surface area contributed by atoms with Gasteiger partial charge in [-0.2, -0.15) is 4.98 Å². The van der Waals surface area contributed by atoms with Gasteiger partial charge in [-0.1, -0.05) is 0 Å². The standard InChI is InChI=1S/C15H19N5OS/c1-4-21-12-7-5-11(6-8-12)18-13-9-10(2)17-14(19-13)20-15(22)16-3/h5-9H,4H2,1-3H3,(H3,16,17,18,19,20,22). The lowest BCUT2D eigenvalue weighted by molar-refractivity contribution is 0.340. The Morgan fingerprint density at radius 1 is 1.23 bits per heavy atom. The first-order valence-corrected chi connectivity index (χ1v) is 7.36. The Morgan fingerprint density at radius 2 is 1.95 bits per heavy atom. The normalized spacial score (nSPS) is 9.95. The molecule has 0 saturated heterocycles. The molecule has 22 heavy (non-hydrogen) atoms. The number of anilines is 3. The first-order chi connectivity index (χ1) is 10.6. The number of hydrogen-bond acceptors (Lipinski definition) is 5. The van der Waals surface area contributed by atoms with Gasteiger partial charge < -0.3 is 20.7 Å². The van der Waals surface area contributed by atoms with Crippen molar-refractivity contribution in [1.29, 1.82) is 0 Å². The van der Waals surface area contributed by atoms with Gasteiger partial charge >= 0.3 is 0 Å². The molecule has 0 fully saturated rings. The van der Waals surface area contributed by atoms with E-state index in [0.29, 0.717) is 23.5 Å². The molecule has 1 aromatic carbocycles. The van der Waals surface area contributed by atoms with Gasteiger partial charge in [0.25, 0.3) is 0 Å². The summed E-state index contributed by atoms with van der Waals surface area (Å²) in [7, 11) is 1.74. The van der Waals surface area contributed by atoms with Crippen molar-refractivity contribution >= 4 is 34.8 Å². The fourth-order valence-corrected chi connectivity index (χ4v) is 1.89. The molecule has 3 N–H and O–H groups in total. The van der Waals surface area contributed by atoms with Crippen LogP contribution in [0, 0.1) is 6.92 Å². The van der Waals surface area contributed by atoms with Gasteiger partial charge in [-0.3, -0.25) is 0 Å². The highest BCUT2D eigenvalue weighted by molar-refractivity contribution is 7.80. The Labute approximate surface area is 135 Å². The van der Waals surface area contributed by atoms with Crippen LogP contribution in [-0.4, -0.2) is 28.7 Å². The quantitative estimate of drug-likeness (QED) is 0.732. The van der Waals surface area contributed by atoms with Crippen LogP contribution in [0.1, 0.15) is 12.6 Å². The van der Waals surface area contributed by atoms with E-state index >= 15 is 0 Å². The molecule has 0 aliphatic heterocycles. The van der Waals surface area contributed by atoms with Gasteiger partial charge in [-0.15, -0.1) is 0 Å². The van der Waals surface area contributed by atoms with Crippen LogP contribution in [0.5, 0.6) is 5.75 Å².